The highest BCUT2D eigenvalue weighted by Gasteiger charge is 2.07. The van der Waals surface area contributed by atoms with E-state index in [4.69, 9.17) is 0 Å². The van der Waals surface area contributed by atoms with Gasteiger partial charge in [-0.05, 0) is 12.8 Å². The minimum atomic E-state index is 0.220. The molecule has 0 spiro atoms. The fraction of sp³-hybridized carbons (Fsp3) is 0.938. The van der Waals surface area contributed by atoms with E-state index >= 15 is 0 Å². The first kappa shape index (κ1) is 16.7. The lowest BCUT2D eigenvalue weighted by Gasteiger charge is -2.08. The third-order valence-corrected chi connectivity index (χ3v) is 3.48. The smallest absolute Gasteiger partial charge is 0.201 e. The Bertz CT molecular complexity index is 154. The van der Waals surface area contributed by atoms with E-state index in [1.54, 1.807) is 0 Å². The van der Waals surface area contributed by atoms with Gasteiger partial charge >= 0.3 is 0 Å². The highest BCUT2D eigenvalue weighted by Crippen LogP contribution is 2.16. The van der Waals surface area contributed by atoms with Crippen molar-refractivity contribution in [3.8, 4) is 0 Å². The summed E-state index contributed by atoms with van der Waals surface area (Å²) in [6.07, 6.45) is 17.3. The Hall–Kier alpha value is -0.330. The van der Waals surface area contributed by atoms with E-state index in [-0.39, 0.29) is 5.92 Å². The van der Waals surface area contributed by atoms with Crippen molar-refractivity contribution in [1.82, 2.24) is 0 Å². The molecule has 0 bridgehead atoms. The third-order valence-electron chi connectivity index (χ3n) is 3.48. The number of rotatable bonds is 13. The van der Waals surface area contributed by atoms with Crippen LogP contribution in [0.2, 0.25) is 0 Å². The second-order valence-electron chi connectivity index (χ2n) is 5.22. The maximum absolute atomic E-state index is 10.8. The van der Waals surface area contributed by atoms with Crippen molar-refractivity contribution < 1.29 is 4.79 Å². The molecule has 1 heteroatoms. The van der Waals surface area contributed by atoms with Gasteiger partial charge in [-0.3, -0.25) is 4.79 Å². The van der Waals surface area contributed by atoms with Crippen LogP contribution in [0.15, 0.2) is 0 Å². The first-order valence-corrected chi connectivity index (χ1v) is 7.72. The third kappa shape index (κ3) is 11.9. The number of hydrogen-bond donors (Lipinski definition) is 0. The van der Waals surface area contributed by atoms with Gasteiger partial charge in [-0.25, -0.2) is 0 Å². The van der Waals surface area contributed by atoms with Crippen molar-refractivity contribution in [1.29, 1.82) is 0 Å². The summed E-state index contributed by atoms with van der Waals surface area (Å²) in [6, 6.07) is 0. The van der Waals surface area contributed by atoms with Gasteiger partial charge in [0.2, 0.25) is 6.29 Å². The Labute approximate surface area is 108 Å². The van der Waals surface area contributed by atoms with Crippen LogP contribution >= 0.6 is 0 Å². The van der Waals surface area contributed by atoms with Crippen molar-refractivity contribution in [3.63, 3.8) is 0 Å². The zero-order chi connectivity index (χ0) is 12.8. The van der Waals surface area contributed by atoms with Gasteiger partial charge in [-0.1, -0.05) is 78.1 Å². The molecule has 0 N–H and O–H groups in total. The highest BCUT2D eigenvalue weighted by molar-refractivity contribution is 5.54. The van der Waals surface area contributed by atoms with Gasteiger partial charge < -0.3 is 0 Å². The highest BCUT2D eigenvalue weighted by atomic mass is 16.1. The first-order valence-electron chi connectivity index (χ1n) is 7.72. The van der Waals surface area contributed by atoms with E-state index in [2.05, 4.69) is 20.1 Å². The molecule has 0 aromatic carbocycles. The van der Waals surface area contributed by atoms with Crippen LogP contribution in [0.3, 0.4) is 0 Å². The van der Waals surface area contributed by atoms with Crippen molar-refractivity contribution >= 4 is 6.29 Å². The van der Waals surface area contributed by atoms with Gasteiger partial charge in [0.05, 0.1) is 0 Å². The zero-order valence-electron chi connectivity index (χ0n) is 12.0. The van der Waals surface area contributed by atoms with E-state index in [0.717, 1.165) is 12.8 Å². The van der Waals surface area contributed by atoms with E-state index in [1.165, 1.54) is 64.2 Å². The molecule has 0 heterocycles. The van der Waals surface area contributed by atoms with Gasteiger partial charge in [0, 0.05) is 5.92 Å². The predicted molar refractivity (Wildman–Crippen MR) is 75.9 cm³/mol. The van der Waals surface area contributed by atoms with Crippen LogP contribution in [-0.4, -0.2) is 6.29 Å². The van der Waals surface area contributed by atoms with Crippen LogP contribution in [0.4, 0.5) is 0 Å². The average molecular weight is 239 g/mol. The summed E-state index contributed by atoms with van der Waals surface area (Å²) in [6.45, 7) is 4.47. The summed E-state index contributed by atoms with van der Waals surface area (Å²) < 4.78 is 0. The fourth-order valence-corrected chi connectivity index (χ4v) is 2.25. The molecule has 0 fully saturated rings. The molecular weight excluding hydrogens is 208 g/mol. The summed E-state index contributed by atoms with van der Waals surface area (Å²) in [5.74, 6) is 0.220. The molecule has 0 aliphatic carbocycles. The summed E-state index contributed by atoms with van der Waals surface area (Å²) in [5, 5.41) is 0. The van der Waals surface area contributed by atoms with Crippen LogP contribution in [0.1, 0.15) is 90.9 Å². The predicted octanol–water partition coefficient (Wildman–Crippen LogP) is 5.43. The minimum Gasteiger partial charge on any atom is -0.291 e. The van der Waals surface area contributed by atoms with Gasteiger partial charge in [0.1, 0.15) is 0 Å². The normalized spacial score (nSPS) is 12.6. The van der Waals surface area contributed by atoms with Crippen molar-refractivity contribution in [2.45, 2.75) is 90.9 Å². The van der Waals surface area contributed by atoms with E-state index in [1.807, 2.05) is 0 Å². The monoisotopic (exact) mass is 239 g/mol. The SMILES string of the molecule is CCCCCCCCC([C]=O)CCCCCC. The number of unbranched alkanes of at least 4 members (excludes halogenated alkanes) is 8. The molecule has 0 aromatic rings. The van der Waals surface area contributed by atoms with Crippen molar-refractivity contribution in [3.05, 3.63) is 0 Å². The summed E-state index contributed by atoms with van der Waals surface area (Å²) in [7, 11) is 0. The molecular formula is C16H31O. The Kier molecular flexibility index (Phi) is 13.5. The molecule has 0 rings (SSSR count). The Balaban J connectivity index is 3.32. The molecule has 0 aromatic heterocycles. The molecule has 1 nitrogen and oxygen atoms in total. The minimum absolute atomic E-state index is 0.220. The molecule has 1 radical (unpaired) electrons. The number of hydrogen-bond acceptors (Lipinski definition) is 1. The largest absolute Gasteiger partial charge is 0.291 e. The second kappa shape index (κ2) is 13.7. The maximum atomic E-state index is 10.8. The van der Waals surface area contributed by atoms with Gasteiger partial charge in [-0.2, -0.15) is 0 Å². The molecule has 17 heavy (non-hydrogen) atoms. The summed E-state index contributed by atoms with van der Waals surface area (Å²) in [4.78, 5) is 10.8. The summed E-state index contributed by atoms with van der Waals surface area (Å²) in [5.41, 5.74) is 0. The van der Waals surface area contributed by atoms with E-state index in [9.17, 15) is 4.79 Å². The van der Waals surface area contributed by atoms with Crippen molar-refractivity contribution in [2.24, 2.45) is 5.92 Å². The topological polar surface area (TPSA) is 17.1 Å². The van der Waals surface area contributed by atoms with Crippen LogP contribution in [-0.2, 0) is 4.79 Å². The average Bonchev–Trinajstić information content (AvgIpc) is 2.36. The quantitative estimate of drug-likeness (QED) is 0.391. The molecule has 0 aliphatic heterocycles. The molecule has 0 saturated heterocycles. The van der Waals surface area contributed by atoms with Crippen LogP contribution in [0.5, 0.6) is 0 Å². The maximum Gasteiger partial charge on any atom is 0.201 e. The molecule has 0 aliphatic rings. The molecule has 101 valence electrons. The van der Waals surface area contributed by atoms with Crippen LogP contribution in [0.25, 0.3) is 0 Å². The lowest BCUT2D eigenvalue weighted by atomic mass is 9.95. The zero-order valence-corrected chi connectivity index (χ0v) is 12.0. The van der Waals surface area contributed by atoms with Gasteiger partial charge in [0.15, 0.2) is 0 Å². The van der Waals surface area contributed by atoms with Crippen LogP contribution < -0.4 is 0 Å². The molecule has 1 atom stereocenters. The van der Waals surface area contributed by atoms with E-state index in [0.29, 0.717) is 0 Å². The van der Waals surface area contributed by atoms with Gasteiger partial charge in [-0.15, -0.1) is 0 Å². The van der Waals surface area contributed by atoms with Crippen LogP contribution in [0, 0.1) is 5.92 Å². The second-order valence-corrected chi connectivity index (χ2v) is 5.22. The van der Waals surface area contributed by atoms with E-state index < -0.39 is 0 Å². The lowest BCUT2D eigenvalue weighted by Crippen LogP contribution is -2.02. The first-order chi connectivity index (χ1) is 8.35. The molecule has 0 saturated carbocycles. The van der Waals surface area contributed by atoms with Gasteiger partial charge in [0.25, 0.3) is 0 Å². The Morgan fingerprint density at radius 3 is 1.59 bits per heavy atom. The Morgan fingerprint density at radius 1 is 0.706 bits per heavy atom. The summed E-state index contributed by atoms with van der Waals surface area (Å²) >= 11 is 0. The molecule has 0 amide bonds. The molecule has 1 unspecified atom stereocenters. The Morgan fingerprint density at radius 2 is 1.12 bits per heavy atom. The van der Waals surface area contributed by atoms with Crippen molar-refractivity contribution in [2.75, 3.05) is 0 Å². The standard InChI is InChI=1S/C16H31O/c1-3-5-7-9-10-12-14-16(15-17)13-11-8-6-4-2/h16H,3-14H2,1-2H3. The lowest BCUT2D eigenvalue weighted by molar-refractivity contribution is 0.453. The fourth-order valence-electron chi connectivity index (χ4n) is 2.25. The number of carbonyl (C=O) groups excluding carboxylic acids is 1.